The smallest absolute Gasteiger partial charge is 0.134 e. The second kappa shape index (κ2) is 9.23. The van der Waals surface area contributed by atoms with Gasteiger partial charge in [0.05, 0.1) is 6.26 Å². The predicted octanol–water partition coefficient (Wildman–Crippen LogP) is 2.91. The van der Waals surface area contributed by atoms with Gasteiger partial charge in [-0.05, 0) is 57.1 Å². The molecule has 2 fully saturated rings. The average molecular weight is 384 g/mol. The molecule has 2 saturated heterocycles. The fourth-order valence-electron chi connectivity index (χ4n) is 4.86. The van der Waals surface area contributed by atoms with Gasteiger partial charge < -0.3 is 14.4 Å². The highest BCUT2D eigenvalue weighted by molar-refractivity contribution is 5.61. The van der Waals surface area contributed by atoms with Crippen molar-refractivity contribution >= 4 is 0 Å². The summed E-state index contributed by atoms with van der Waals surface area (Å²) in [4.78, 5) is 7.67. The molecule has 0 amide bonds. The summed E-state index contributed by atoms with van der Waals surface area (Å²) in [5.41, 5.74) is 2.50. The van der Waals surface area contributed by atoms with E-state index in [9.17, 15) is 5.11 Å². The Bertz CT molecular complexity index is 725. The van der Waals surface area contributed by atoms with Crippen molar-refractivity contribution in [2.45, 2.75) is 37.9 Å². The molecule has 5 nitrogen and oxygen atoms in total. The molecule has 1 N–H and O–H groups in total. The van der Waals surface area contributed by atoms with Gasteiger partial charge in [0.2, 0.25) is 0 Å². The summed E-state index contributed by atoms with van der Waals surface area (Å²) in [7, 11) is 2.22. The number of piperidine rings is 1. The molecule has 0 bridgehead atoms. The van der Waals surface area contributed by atoms with E-state index in [1.807, 2.05) is 12.1 Å². The highest BCUT2D eigenvalue weighted by atomic mass is 16.3. The van der Waals surface area contributed by atoms with Crippen LogP contribution < -0.4 is 0 Å². The summed E-state index contributed by atoms with van der Waals surface area (Å²) in [5, 5.41) is 9.66. The van der Waals surface area contributed by atoms with Gasteiger partial charge in [0, 0.05) is 50.4 Å². The van der Waals surface area contributed by atoms with Crippen LogP contribution >= 0.6 is 0 Å². The Balaban J connectivity index is 1.44. The molecule has 0 aliphatic carbocycles. The lowest BCUT2D eigenvalue weighted by molar-refractivity contribution is 0.00603. The molecule has 1 aromatic carbocycles. The lowest BCUT2D eigenvalue weighted by atomic mass is 9.97. The normalized spacial score (nSPS) is 23.3. The second-order valence-corrected chi connectivity index (χ2v) is 8.31. The van der Waals surface area contributed by atoms with Crippen molar-refractivity contribution in [3.05, 3.63) is 48.2 Å². The lowest BCUT2D eigenvalue weighted by Crippen LogP contribution is -2.58. The van der Waals surface area contributed by atoms with Crippen molar-refractivity contribution in [2.75, 3.05) is 46.4 Å². The van der Waals surface area contributed by atoms with E-state index in [1.165, 1.54) is 37.1 Å². The predicted molar refractivity (Wildman–Crippen MR) is 112 cm³/mol. The topological polar surface area (TPSA) is 43.1 Å². The summed E-state index contributed by atoms with van der Waals surface area (Å²) in [6.45, 7) is 6.78. The maximum atomic E-state index is 9.66. The van der Waals surface area contributed by atoms with Crippen molar-refractivity contribution in [3.63, 3.8) is 0 Å². The zero-order valence-corrected chi connectivity index (χ0v) is 17.0. The molecule has 28 heavy (non-hydrogen) atoms. The van der Waals surface area contributed by atoms with E-state index in [0.29, 0.717) is 12.1 Å². The number of aliphatic hydroxyl groups excluding tert-OH is 1. The van der Waals surface area contributed by atoms with Crippen LogP contribution in [0.15, 0.2) is 47.1 Å². The van der Waals surface area contributed by atoms with Crippen LogP contribution in [0, 0.1) is 0 Å². The van der Waals surface area contributed by atoms with Crippen LogP contribution in [-0.4, -0.2) is 78.3 Å². The van der Waals surface area contributed by atoms with E-state index < -0.39 is 0 Å². The van der Waals surface area contributed by atoms with E-state index in [2.05, 4.69) is 46.0 Å². The molecule has 3 heterocycles. The fraction of sp³-hybridized carbons (Fsp3) is 0.565. The third-order valence-corrected chi connectivity index (χ3v) is 6.43. The number of likely N-dealkylation sites (tertiary alicyclic amines) is 1. The van der Waals surface area contributed by atoms with E-state index in [4.69, 9.17) is 4.42 Å². The Hall–Kier alpha value is -1.66. The summed E-state index contributed by atoms with van der Waals surface area (Å²) < 4.78 is 5.65. The first kappa shape index (κ1) is 19.6. The van der Waals surface area contributed by atoms with Gasteiger partial charge in [-0.2, -0.15) is 0 Å². The van der Waals surface area contributed by atoms with Crippen molar-refractivity contribution in [1.82, 2.24) is 14.7 Å². The Morgan fingerprint density at radius 1 is 1.04 bits per heavy atom. The zero-order chi connectivity index (χ0) is 19.3. The van der Waals surface area contributed by atoms with Crippen LogP contribution in [-0.2, 0) is 6.54 Å². The maximum absolute atomic E-state index is 9.66. The van der Waals surface area contributed by atoms with Gasteiger partial charge in [-0.3, -0.25) is 9.80 Å². The number of aliphatic hydroxyl groups is 1. The molecule has 0 unspecified atom stereocenters. The molecule has 4 rings (SSSR count). The van der Waals surface area contributed by atoms with Crippen molar-refractivity contribution in [3.8, 4) is 11.3 Å². The number of benzene rings is 1. The first-order chi connectivity index (χ1) is 13.7. The number of rotatable bonds is 6. The number of hydrogen-bond acceptors (Lipinski definition) is 5. The van der Waals surface area contributed by atoms with Crippen LogP contribution in [0.2, 0.25) is 0 Å². The fourth-order valence-corrected chi connectivity index (χ4v) is 4.86. The molecule has 5 heteroatoms. The van der Waals surface area contributed by atoms with Gasteiger partial charge in [0.1, 0.15) is 5.76 Å². The second-order valence-electron chi connectivity index (χ2n) is 8.31. The Morgan fingerprint density at radius 3 is 2.61 bits per heavy atom. The molecule has 2 aliphatic heterocycles. The minimum Gasteiger partial charge on any atom is -0.464 e. The molecule has 152 valence electrons. The molecule has 0 saturated carbocycles. The van der Waals surface area contributed by atoms with Crippen LogP contribution in [0.1, 0.15) is 24.8 Å². The number of nitrogens with zero attached hydrogens (tertiary/aromatic N) is 3. The number of piperazine rings is 1. The molecule has 2 aliphatic rings. The van der Waals surface area contributed by atoms with Crippen molar-refractivity contribution in [1.29, 1.82) is 0 Å². The minimum absolute atomic E-state index is 0.268. The molecule has 0 radical (unpaired) electrons. The molecule has 2 aromatic rings. The van der Waals surface area contributed by atoms with Gasteiger partial charge >= 0.3 is 0 Å². The summed E-state index contributed by atoms with van der Waals surface area (Å²) >= 11 is 0. The van der Waals surface area contributed by atoms with Crippen molar-refractivity contribution in [2.24, 2.45) is 0 Å². The zero-order valence-electron chi connectivity index (χ0n) is 17.0. The molecule has 0 spiro atoms. The molecular weight excluding hydrogens is 350 g/mol. The third-order valence-electron chi connectivity index (χ3n) is 6.43. The van der Waals surface area contributed by atoms with E-state index in [0.717, 1.165) is 38.4 Å². The van der Waals surface area contributed by atoms with Crippen LogP contribution in [0.3, 0.4) is 0 Å². The lowest BCUT2D eigenvalue weighted by Gasteiger charge is -2.47. The van der Waals surface area contributed by atoms with Gasteiger partial charge in [-0.1, -0.05) is 24.3 Å². The SMILES string of the molecule is CN1CCC(N2CCN(Cc3ccccc3-c3ccco3)C[C@H]2CCO)CC1. The van der Waals surface area contributed by atoms with E-state index in [-0.39, 0.29) is 6.61 Å². The monoisotopic (exact) mass is 383 g/mol. The summed E-state index contributed by atoms with van der Waals surface area (Å²) in [5.74, 6) is 0.937. The van der Waals surface area contributed by atoms with Crippen LogP contribution in [0.4, 0.5) is 0 Å². The molecule has 1 aromatic heterocycles. The standard InChI is InChI=1S/C23H33N3O2/c1-24-11-8-20(9-12-24)26-14-13-25(18-21(26)10-15-27)17-19-5-2-3-6-22(19)23-7-4-16-28-23/h2-7,16,20-21,27H,8-15,17-18H2,1H3/t21-/m1/s1. The summed E-state index contributed by atoms with van der Waals surface area (Å²) in [6, 6.07) is 13.6. The van der Waals surface area contributed by atoms with Crippen LogP contribution in [0.25, 0.3) is 11.3 Å². The van der Waals surface area contributed by atoms with E-state index in [1.54, 1.807) is 6.26 Å². The highest BCUT2D eigenvalue weighted by Crippen LogP contribution is 2.27. The van der Waals surface area contributed by atoms with Crippen molar-refractivity contribution < 1.29 is 9.52 Å². The average Bonchev–Trinajstić information content (AvgIpc) is 3.24. The Labute approximate surface area is 168 Å². The van der Waals surface area contributed by atoms with Gasteiger partial charge in [0.15, 0.2) is 0 Å². The van der Waals surface area contributed by atoms with E-state index >= 15 is 0 Å². The largest absolute Gasteiger partial charge is 0.464 e. The quantitative estimate of drug-likeness (QED) is 0.831. The molecular formula is C23H33N3O2. The van der Waals surface area contributed by atoms with Gasteiger partial charge in [-0.25, -0.2) is 0 Å². The third kappa shape index (κ3) is 4.49. The van der Waals surface area contributed by atoms with Gasteiger partial charge in [0.25, 0.3) is 0 Å². The number of furan rings is 1. The highest BCUT2D eigenvalue weighted by Gasteiger charge is 2.33. The first-order valence-electron chi connectivity index (χ1n) is 10.6. The minimum atomic E-state index is 0.268. The van der Waals surface area contributed by atoms with Gasteiger partial charge in [-0.15, -0.1) is 0 Å². The Kier molecular flexibility index (Phi) is 6.47. The van der Waals surface area contributed by atoms with Crippen LogP contribution in [0.5, 0.6) is 0 Å². The number of hydrogen-bond donors (Lipinski definition) is 1. The summed E-state index contributed by atoms with van der Waals surface area (Å²) in [6.07, 6.45) is 5.10. The molecule has 1 atom stereocenters. The Morgan fingerprint density at radius 2 is 1.86 bits per heavy atom. The maximum Gasteiger partial charge on any atom is 0.134 e. The first-order valence-corrected chi connectivity index (χ1v) is 10.6.